The van der Waals surface area contributed by atoms with Gasteiger partial charge in [-0.05, 0) is 49.6 Å². The van der Waals surface area contributed by atoms with Crippen molar-refractivity contribution >= 4 is 29.3 Å². The second kappa shape index (κ2) is 8.67. The van der Waals surface area contributed by atoms with E-state index in [0.717, 1.165) is 28.9 Å². The third-order valence-corrected chi connectivity index (χ3v) is 5.85. The van der Waals surface area contributed by atoms with Crippen molar-refractivity contribution in [1.82, 2.24) is 15.5 Å². The highest BCUT2D eigenvalue weighted by molar-refractivity contribution is 5.98. The molecule has 8 heteroatoms. The molecule has 3 N–H and O–H groups in total. The first-order chi connectivity index (χ1) is 14.9. The minimum absolute atomic E-state index is 0.0888. The third kappa shape index (κ3) is 4.33. The number of fused-ring (bicyclic) bond motifs is 1. The van der Waals surface area contributed by atoms with Crippen molar-refractivity contribution in [2.75, 3.05) is 23.3 Å². The van der Waals surface area contributed by atoms with Crippen LogP contribution < -0.4 is 20.9 Å². The van der Waals surface area contributed by atoms with E-state index in [-0.39, 0.29) is 24.0 Å². The van der Waals surface area contributed by atoms with E-state index in [2.05, 4.69) is 16.0 Å². The quantitative estimate of drug-likeness (QED) is 0.710. The molecule has 8 nitrogen and oxygen atoms in total. The van der Waals surface area contributed by atoms with Crippen LogP contribution in [0.2, 0.25) is 0 Å². The van der Waals surface area contributed by atoms with Gasteiger partial charge in [0.2, 0.25) is 5.91 Å². The number of hydrogen-bond acceptors (Lipinski definition) is 3. The Morgan fingerprint density at radius 3 is 2.61 bits per heavy atom. The van der Waals surface area contributed by atoms with Gasteiger partial charge in [-0.3, -0.25) is 9.69 Å². The van der Waals surface area contributed by atoms with Crippen molar-refractivity contribution in [3.63, 3.8) is 0 Å². The number of benzene rings is 2. The normalized spacial score (nSPS) is 19.6. The van der Waals surface area contributed by atoms with Gasteiger partial charge in [0, 0.05) is 24.5 Å². The summed E-state index contributed by atoms with van der Waals surface area (Å²) < 4.78 is 0. The van der Waals surface area contributed by atoms with Gasteiger partial charge in [0.15, 0.2) is 0 Å². The van der Waals surface area contributed by atoms with E-state index in [1.807, 2.05) is 55.5 Å². The molecule has 2 aromatic rings. The number of carbonyl (C=O) groups excluding carboxylic acids is 3. The van der Waals surface area contributed by atoms with Crippen molar-refractivity contribution in [3.05, 3.63) is 59.7 Å². The van der Waals surface area contributed by atoms with E-state index in [1.165, 1.54) is 0 Å². The molecule has 2 aromatic carbocycles. The number of para-hydroxylation sites is 1. The number of carbonyl (C=O) groups is 3. The summed E-state index contributed by atoms with van der Waals surface area (Å²) >= 11 is 0. The predicted molar refractivity (Wildman–Crippen MR) is 119 cm³/mol. The summed E-state index contributed by atoms with van der Waals surface area (Å²) in [6, 6.07) is 13.9. The van der Waals surface area contributed by atoms with Crippen molar-refractivity contribution in [2.24, 2.45) is 0 Å². The standard InChI is InChI=1S/C23H27N5O3/c1-15(17-8-10-19(11-9-17)27-13-5-12-24-22(27)30)25-23(31)28-14-18-6-3-4-7-20(18)26-21(29)16(28)2/h3-4,6-11,15-16H,5,12-14H2,1-2H3,(H,24,30)(H,25,31)(H,26,29). The van der Waals surface area contributed by atoms with Crippen LogP contribution in [0, 0.1) is 0 Å². The molecule has 4 rings (SSSR count). The number of nitrogens with one attached hydrogen (secondary N) is 3. The van der Waals surface area contributed by atoms with E-state index in [0.29, 0.717) is 19.6 Å². The summed E-state index contributed by atoms with van der Waals surface area (Å²) in [7, 11) is 0. The van der Waals surface area contributed by atoms with Crippen LogP contribution in [-0.4, -0.2) is 42.0 Å². The number of amides is 5. The lowest BCUT2D eigenvalue weighted by Gasteiger charge is -2.29. The van der Waals surface area contributed by atoms with Gasteiger partial charge in [-0.15, -0.1) is 0 Å². The number of rotatable bonds is 3. The summed E-state index contributed by atoms with van der Waals surface area (Å²) in [6.45, 7) is 5.36. The summed E-state index contributed by atoms with van der Waals surface area (Å²) in [5, 5.41) is 8.72. The largest absolute Gasteiger partial charge is 0.338 e. The molecular formula is C23H27N5O3. The van der Waals surface area contributed by atoms with Crippen molar-refractivity contribution in [2.45, 2.75) is 38.9 Å². The molecule has 0 spiro atoms. The Morgan fingerprint density at radius 1 is 1.13 bits per heavy atom. The molecule has 0 aromatic heterocycles. The molecule has 1 fully saturated rings. The first kappa shape index (κ1) is 20.7. The molecule has 0 saturated carbocycles. The average molecular weight is 422 g/mol. The average Bonchev–Trinajstić information content (AvgIpc) is 2.90. The Morgan fingerprint density at radius 2 is 1.87 bits per heavy atom. The smallest absolute Gasteiger partial charge is 0.321 e. The zero-order valence-corrected chi connectivity index (χ0v) is 17.7. The first-order valence-corrected chi connectivity index (χ1v) is 10.6. The molecule has 0 bridgehead atoms. The van der Waals surface area contributed by atoms with Gasteiger partial charge in [-0.2, -0.15) is 0 Å². The number of hydrogen-bond donors (Lipinski definition) is 3. The molecule has 1 saturated heterocycles. The Kier molecular flexibility index (Phi) is 5.79. The highest BCUT2D eigenvalue weighted by atomic mass is 16.2. The topological polar surface area (TPSA) is 93.8 Å². The van der Waals surface area contributed by atoms with Crippen molar-refractivity contribution in [1.29, 1.82) is 0 Å². The van der Waals surface area contributed by atoms with E-state index in [1.54, 1.807) is 16.7 Å². The van der Waals surface area contributed by atoms with Crippen LogP contribution in [0.5, 0.6) is 0 Å². The van der Waals surface area contributed by atoms with Crippen LogP contribution in [0.25, 0.3) is 0 Å². The molecule has 162 valence electrons. The molecule has 0 aliphatic carbocycles. The Bertz CT molecular complexity index is 991. The maximum atomic E-state index is 13.0. The van der Waals surface area contributed by atoms with Gasteiger partial charge in [-0.1, -0.05) is 30.3 Å². The van der Waals surface area contributed by atoms with Crippen LogP contribution >= 0.6 is 0 Å². The fraction of sp³-hybridized carbons (Fsp3) is 0.348. The SMILES string of the molecule is CC(NC(=O)N1Cc2ccccc2NC(=O)C1C)c1ccc(N2CCCNC2=O)cc1. The highest BCUT2D eigenvalue weighted by Crippen LogP contribution is 2.24. The fourth-order valence-electron chi connectivity index (χ4n) is 3.90. The van der Waals surface area contributed by atoms with Crippen LogP contribution in [0.15, 0.2) is 48.5 Å². The molecular weight excluding hydrogens is 394 g/mol. The van der Waals surface area contributed by atoms with Crippen molar-refractivity contribution < 1.29 is 14.4 Å². The molecule has 31 heavy (non-hydrogen) atoms. The summed E-state index contributed by atoms with van der Waals surface area (Å²) in [4.78, 5) is 40.8. The first-order valence-electron chi connectivity index (χ1n) is 10.6. The predicted octanol–water partition coefficient (Wildman–Crippen LogP) is 3.22. The monoisotopic (exact) mass is 421 g/mol. The molecule has 2 unspecified atom stereocenters. The summed E-state index contributed by atoms with van der Waals surface area (Å²) in [6.07, 6.45) is 0.907. The number of anilines is 2. The molecule has 2 atom stereocenters. The lowest BCUT2D eigenvalue weighted by Crippen LogP contribution is -2.48. The minimum Gasteiger partial charge on any atom is -0.338 e. The Hall–Kier alpha value is -3.55. The van der Waals surface area contributed by atoms with E-state index in [9.17, 15) is 14.4 Å². The molecule has 2 heterocycles. The fourth-order valence-corrected chi connectivity index (χ4v) is 3.90. The third-order valence-electron chi connectivity index (χ3n) is 5.85. The molecule has 0 radical (unpaired) electrons. The molecule has 5 amide bonds. The van der Waals surface area contributed by atoms with Gasteiger partial charge in [0.1, 0.15) is 6.04 Å². The van der Waals surface area contributed by atoms with E-state index < -0.39 is 6.04 Å². The number of urea groups is 2. The van der Waals surface area contributed by atoms with E-state index >= 15 is 0 Å². The Labute approximate surface area is 181 Å². The van der Waals surface area contributed by atoms with Crippen LogP contribution in [-0.2, 0) is 11.3 Å². The van der Waals surface area contributed by atoms with Crippen LogP contribution in [0.1, 0.15) is 37.4 Å². The van der Waals surface area contributed by atoms with Crippen LogP contribution in [0.3, 0.4) is 0 Å². The summed E-state index contributed by atoms with van der Waals surface area (Å²) in [5.74, 6) is -0.211. The van der Waals surface area contributed by atoms with Gasteiger partial charge in [0.05, 0.1) is 12.6 Å². The number of nitrogens with zero attached hydrogens (tertiary/aromatic N) is 2. The van der Waals surface area contributed by atoms with Gasteiger partial charge < -0.3 is 20.9 Å². The minimum atomic E-state index is -0.598. The lowest BCUT2D eigenvalue weighted by atomic mass is 10.1. The van der Waals surface area contributed by atoms with E-state index in [4.69, 9.17) is 0 Å². The molecule has 2 aliphatic rings. The van der Waals surface area contributed by atoms with Gasteiger partial charge in [0.25, 0.3) is 0 Å². The lowest BCUT2D eigenvalue weighted by molar-refractivity contribution is -0.119. The van der Waals surface area contributed by atoms with Gasteiger partial charge >= 0.3 is 12.1 Å². The summed E-state index contributed by atoms with van der Waals surface area (Å²) in [5.41, 5.74) is 3.38. The maximum absolute atomic E-state index is 13.0. The second-order valence-electron chi connectivity index (χ2n) is 7.95. The maximum Gasteiger partial charge on any atom is 0.321 e. The van der Waals surface area contributed by atoms with Crippen molar-refractivity contribution in [3.8, 4) is 0 Å². The zero-order valence-electron chi connectivity index (χ0n) is 17.7. The highest BCUT2D eigenvalue weighted by Gasteiger charge is 2.31. The van der Waals surface area contributed by atoms with Crippen LogP contribution in [0.4, 0.5) is 21.0 Å². The van der Waals surface area contributed by atoms with Gasteiger partial charge in [-0.25, -0.2) is 9.59 Å². The Balaban J connectivity index is 1.45. The zero-order chi connectivity index (χ0) is 22.0. The second-order valence-corrected chi connectivity index (χ2v) is 7.95. The molecule has 2 aliphatic heterocycles.